The Bertz CT molecular complexity index is 624. The van der Waals surface area contributed by atoms with E-state index in [-0.39, 0.29) is 10.9 Å². The number of nitrogens with one attached hydrogen (secondary N) is 1. The maximum atomic E-state index is 12.3. The van der Waals surface area contributed by atoms with Gasteiger partial charge in [0.25, 0.3) is 0 Å². The summed E-state index contributed by atoms with van der Waals surface area (Å²) in [6, 6.07) is 4.56. The van der Waals surface area contributed by atoms with E-state index in [9.17, 15) is 8.42 Å². The van der Waals surface area contributed by atoms with Crippen molar-refractivity contribution in [1.82, 2.24) is 9.62 Å². The third-order valence-electron chi connectivity index (χ3n) is 3.16. The quantitative estimate of drug-likeness (QED) is 0.858. The molecule has 0 spiro atoms. The molecule has 0 saturated carbocycles. The van der Waals surface area contributed by atoms with Gasteiger partial charge in [0.1, 0.15) is 0 Å². The molecule has 1 fully saturated rings. The highest BCUT2D eigenvalue weighted by molar-refractivity contribution is 7.89. The van der Waals surface area contributed by atoms with E-state index in [2.05, 4.69) is 4.72 Å². The van der Waals surface area contributed by atoms with Crippen molar-refractivity contribution in [3.05, 3.63) is 28.8 Å². The van der Waals surface area contributed by atoms with Gasteiger partial charge in [0.15, 0.2) is 6.19 Å². The van der Waals surface area contributed by atoms with E-state index in [4.69, 9.17) is 16.9 Å². The smallest absolute Gasteiger partial charge is 0.241 e. The Morgan fingerprint density at radius 3 is 2.89 bits per heavy atom. The van der Waals surface area contributed by atoms with E-state index < -0.39 is 10.0 Å². The highest BCUT2D eigenvalue weighted by Gasteiger charge is 2.27. The van der Waals surface area contributed by atoms with Crippen LogP contribution < -0.4 is 4.72 Å². The first kappa shape index (κ1) is 14.1. The number of nitrogens with zero attached hydrogens (tertiary/aromatic N) is 2. The van der Waals surface area contributed by atoms with Crippen molar-refractivity contribution < 1.29 is 8.42 Å². The fourth-order valence-electron chi connectivity index (χ4n) is 2.11. The summed E-state index contributed by atoms with van der Waals surface area (Å²) in [5.74, 6) is 0. The lowest BCUT2D eigenvalue weighted by Gasteiger charge is -2.14. The summed E-state index contributed by atoms with van der Waals surface area (Å²) in [7, 11) is -3.60. The standard InChI is InChI=1S/C12H14ClN3O2S/c1-9-11(13)3-2-4-12(9)19(17,18)15-10-5-6-16(7-10)8-14/h2-4,10,15H,5-7H2,1H3/t10-/m1/s1. The molecule has 1 aliphatic rings. The number of rotatable bonds is 3. The van der Waals surface area contributed by atoms with Gasteiger partial charge in [-0.15, -0.1) is 0 Å². The Morgan fingerprint density at radius 2 is 2.26 bits per heavy atom. The van der Waals surface area contributed by atoms with Crippen LogP contribution in [0.2, 0.25) is 5.02 Å². The molecule has 1 N–H and O–H groups in total. The van der Waals surface area contributed by atoms with Crippen LogP contribution in [0.1, 0.15) is 12.0 Å². The third kappa shape index (κ3) is 3.00. The summed E-state index contributed by atoms with van der Waals surface area (Å²) in [6.45, 7) is 2.67. The van der Waals surface area contributed by atoms with Crippen molar-refractivity contribution in [3.63, 3.8) is 0 Å². The second-order valence-corrected chi connectivity index (χ2v) is 6.61. The molecule has 1 aromatic carbocycles. The second kappa shape index (κ2) is 5.37. The Labute approximate surface area is 117 Å². The Kier molecular flexibility index (Phi) is 3.99. The molecule has 0 amide bonds. The lowest BCUT2D eigenvalue weighted by atomic mass is 10.2. The summed E-state index contributed by atoms with van der Waals surface area (Å²) in [5, 5.41) is 9.18. The van der Waals surface area contributed by atoms with Crippen LogP contribution in [-0.4, -0.2) is 32.4 Å². The zero-order chi connectivity index (χ0) is 14.0. The van der Waals surface area contributed by atoms with Gasteiger partial charge in [-0.1, -0.05) is 17.7 Å². The van der Waals surface area contributed by atoms with Crippen molar-refractivity contribution in [2.24, 2.45) is 0 Å². The number of nitriles is 1. The Morgan fingerprint density at radius 1 is 1.53 bits per heavy atom. The van der Waals surface area contributed by atoms with Crippen molar-refractivity contribution >= 4 is 21.6 Å². The van der Waals surface area contributed by atoms with Crippen LogP contribution in [0.25, 0.3) is 0 Å². The van der Waals surface area contributed by atoms with Crippen LogP contribution in [0.15, 0.2) is 23.1 Å². The molecule has 0 unspecified atom stereocenters. The normalized spacial score (nSPS) is 19.4. The molecule has 0 bridgehead atoms. The first-order valence-electron chi connectivity index (χ1n) is 5.86. The van der Waals surface area contributed by atoms with Gasteiger partial charge in [-0.2, -0.15) is 5.26 Å². The van der Waals surface area contributed by atoms with E-state index in [1.165, 1.54) is 11.0 Å². The lowest BCUT2D eigenvalue weighted by Crippen LogP contribution is -2.36. The van der Waals surface area contributed by atoms with E-state index in [0.717, 1.165) is 0 Å². The minimum absolute atomic E-state index is 0.190. The fourth-order valence-corrected chi connectivity index (χ4v) is 3.87. The molecule has 19 heavy (non-hydrogen) atoms. The van der Waals surface area contributed by atoms with Gasteiger partial charge in [-0.05, 0) is 31.0 Å². The predicted octanol–water partition coefficient (Wildman–Crippen LogP) is 1.48. The molecule has 102 valence electrons. The monoisotopic (exact) mass is 299 g/mol. The van der Waals surface area contributed by atoms with Gasteiger partial charge in [0.2, 0.25) is 10.0 Å². The maximum Gasteiger partial charge on any atom is 0.241 e. The van der Waals surface area contributed by atoms with E-state index >= 15 is 0 Å². The van der Waals surface area contributed by atoms with E-state index in [0.29, 0.717) is 30.1 Å². The molecule has 1 aromatic rings. The molecule has 2 rings (SSSR count). The molecule has 1 heterocycles. The van der Waals surface area contributed by atoms with Crippen LogP contribution >= 0.6 is 11.6 Å². The highest BCUT2D eigenvalue weighted by Crippen LogP contribution is 2.23. The van der Waals surface area contributed by atoms with Crippen molar-refractivity contribution in [1.29, 1.82) is 5.26 Å². The molecular weight excluding hydrogens is 286 g/mol. The minimum atomic E-state index is -3.60. The van der Waals surface area contributed by atoms with Crippen LogP contribution in [0, 0.1) is 18.4 Å². The number of halogens is 1. The average Bonchev–Trinajstić information content (AvgIpc) is 2.79. The Balaban J connectivity index is 2.20. The Hall–Kier alpha value is -1.29. The molecule has 0 aromatic heterocycles. The van der Waals surface area contributed by atoms with Gasteiger partial charge in [0, 0.05) is 24.2 Å². The molecule has 1 saturated heterocycles. The molecule has 7 heteroatoms. The topological polar surface area (TPSA) is 73.2 Å². The van der Waals surface area contributed by atoms with Crippen LogP contribution in [-0.2, 0) is 10.0 Å². The molecule has 0 radical (unpaired) electrons. The summed E-state index contributed by atoms with van der Waals surface area (Å²) >= 11 is 5.94. The first-order valence-corrected chi connectivity index (χ1v) is 7.72. The molecule has 1 aliphatic heterocycles. The third-order valence-corrected chi connectivity index (χ3v) is 5.23. The molecule has 0 aliphatic carbocycles. The maximum absolute atomic E-state index is 12.3. The van der Waals surface area contributed by atoms with Crippen LogP contribution in [0.4, 0.5) is 0 Å². The van der Waals surface area contributed by atoms with Gasteiger partial charge in [-0.3, -0.25) is 0 Å². The number of benzene rings is 1. The zero-order valence-corrected chi connectivity index (χ0v) is 12.0. The van der Waals surface area contributed by atoms with Gasteiger partial charge >= 0.3 is 0 Å². The summed E-state index contributed by atoms with van der Waals surface area (Å²) in [5.41, 5.74) is 0.534. The second-order valence-electron chi connectivity index (χ2n) is 4.52. The SMILES string of the molecule is Cc1c(Cl)cccc1S(=O)(=O)N[C@@H]1CCN(C#N)C1. The first-order chi connectivity index (χ1) is 8.94. The summed E-state index contributed by atoms with van der Waals surface area (Å²) in [4.78, 5) is 1.73. The van der Waals surface area contributed by atoms with Crippen molar-refractivity contribution in [2.45, 2.75) is 24.3 Å². The fraction of sp³-hybridized carbons (Fsp3) is 0.417. The molecular formula is C12H14ClN3O2S. The van der Waals surface area contributed by atoms with Gasteiger partial charge in [-0.25, -0.2) is 13.1 Å². The number of hydrogen-bond donors (Lipinski definition) is 1. The predicted molar refractivity (Wildman–Crippen MR) is 72.1 cm³/mol. The lowest BCUT2D eigenvalue weighted by molar-refractivity contribution is 0.470. The summed E-state index contributed by atoms with van der Waals surface area (Å²) < 4.78 is 27.2. The van der Waals surface area contributed by atoms with E-state index in [1.807, 2.05) is 6.19 Å². The van der Waals surface area contributed by atoms with Crippen LogP contribution in [0.5, 0.6) is 0 Å². The number of hydrogen-bond acceptors (Lipinski definition) is 4. The highest BCUT2D eigenvalue weighted by atomic mass is 35.5. The molecule has 1 atom stereocenters. The van der Waals surface area contributed by atoms with Crippen molar-refractivity contribution in [2.75, 3.05) is 13.1 Å². The largest absolute Gasteiger partial charge is 0.309 e. The number of sulfonamides is 1. The number of likely N-dealkylation sites (tertiary alicyclic amines) is 1. The van der Waals surface area contributed by atoms with Crippen molar-refractivity contribution in [3.8, 4) is 6.19 Å². The summed E-state index contributed by atoms with van der Waals surface area (Å²) in [6.07, 6.45) is 2.65. The zero-order valence-electron chi connectivity index (χ0n) is 10.4. The average molecular weight is 300 g/mol. The minimum Gasteiger partial charge on any atom is -0.309 e. The molecule has 5 nitrogen and oxygen atoms in total. The van der Waals surface area contributed by atoms with E-state index in [1.54, 1.807) is 19.1 Å². The van der Waals surface area contributed by atoms with Crippen LogP contribution in [0.3, 0.4) is 0 Å². The van der Waals surface area contributed by atoms with Gasteiger partial charge in [0.05, 0.1) is 4.90 Å². The van der Waals surface area contributed by atoms with Gasteiger partial charge < -0.3 is 4.90 Å².